The molecule has 16 heavy (non-hydrogen) atoms. The van der Waals surface area contributed by atoms with Gasteiger partial charge < -0.3 is 11.1 Å². The number of amides is 1. The van der Waals surface area contributed by atoms with Crippen LogP contribution in [0.3, 0.4) is 0 Å². The molecule has 0 unspecified atom stereocenters. The highest BCUT2D eigenvalue weighted by molar-refractivity contribution is 5.77. The topological polar surface area (TPSA) is 58.4 Å². The molecule has 0 radical (unpaired) electrons. The SMILES string of the molecule is CN(CCCCCN)CC(=O)NCC1CC1. The summed E-state index contributed by atoms with van der Waals surface area (Å²) >= 11 is 0. The minimum atomic E-state index is 0.160. The average Bonchev–Trinajstić information content (AvgIpc) is 3.05. The van der Waals surface area contributed by atoms with Crippen molar-refractivity contribution in [1.82, 2.24) is 10.2 Å². The van der Waals surface area contributed by atoms with E-state index in [1.807, 2.05) is 7.05 Å². The molecule has 1 rings (SSSR count). The molecule has 0 aliphatic heterocycles. The smallest absolute Gasteiger partial charge is 0.234 e. The van der Waals surface area contributed by atoms with Crippen molar-refractivity contribution in [3.8, 4) is 0 Å². The minimum Gasteiger partial charge on any atom is -0.355 e. The summed E-state index contributed by atoms with van der Waals surface area (Å²) < 4.78 is 0. The third-order valence-corrected chi connectivity index (χ3v) is 2.94. The summed E-state index contributed by atoms with van der Waals surface area (Å²) in [6, 6.07) is 0. The Kier molecular flexibility index (Phi) is 6.42. The van der Waals surface area contributed by atoms with Crippen LogP contribution < -0.4 is 11.1 Å². The van der Waals surface area contributed by atoms with E-state index >= 15 is 0 Å². The monoisotopic (exact) mass is 227 g/mol. The summed E-state index contributed by atoms with van der Waals surface area (Å²) in [4.78, 5) is 13.6. The minimum absolute atomic E-state index is 0.160. The van der Waals surface area contributed by atoms with Gasteiger partial charge >= 0.3 is 0 Å². The van der Waals surface area contributed by atoms with Crippen LogP contribution in [0.5, 0.6) is 0 Å². The van der Waals surface area contributed by atoms with Gasteiger partial charge in [0.05, 0.1) is 6.54 Å². The number of nitrogens with zero attached hydrogens (tertiary/aromatic N) is 1. The molecule has 0 aromatic carbocycles. The predicted octanol–water partition coefficient (Wildman–Crippen LogP) is 0.573. The number of unbranched alkanes of at least 4 members (excludes halogenated alkanes) is 2. The van der Waals surface area contributed by atoms with Gasteiger partial charge in [-0.15, -0.1) is 0 Å². The summed E-state index contributed by atoms with van der Waals surface area (Å²) in [5.41, 5.74) is 5.42. The van der Waals surface area contributed by atoms with Crippen LogP contribution in [0.25, 0.3) is 0 Å². The molecule has 0 saturated heterocycles. The van der Waals surface area contributed by atoms with Crippen LogP contribution in [0.1, 0.15) is 32.1 Å². The third-order valence-electron chi connectivity index (χ3n) is 2.94. The lowest BCUT2D eigenvalue weighted by molar-refractivity contribution is -0.122. The highest BCUT2D eigenvalue weighted by Crippen LogP contribution is 2.27. The van der Waals surface area contributed by atoms with Crippen molar-refractivity contribution >= 4 is 5.91 Å². The van der Waals surface area contributed by atoms with Crippen LogP contribution in [-0.4, -0.2) is 44.0 Å². The first-order chi connectivity index (χ1) is 7.72. The van der Waals surface area contributed by atoms with Crippen LogP contribution in [0.15, 0.2) is 0 Å². The first-order valence-corrected chi connectivity index (χ1v) is 6.37. The van der Waals surface area contributed by atoms with Crippen molar-refractivity contribution in [2.75, 3.05) is 33.2 Å². The molecular weight excluding hydrogens is 202 g/mol. The molecule has 0 spiro atoms. The van der Waals surface area contributed by atoms with E-state index in [4.69, 9.17) is 5.73 Å². The van der Waals surface area contributed by atoms with Gasteiger partial charge in [-0.1, -0.05) is 6.42 Å². The van der Waals surface area contributed by atoms with Crippen LogP contribution in [0.4, 0.5) is 0 Å². The molecule has 1 aliphatic rings. The van der Waals surface area contributed by atoms with Gasteiger partial charge in [0.25, 0.3) is 0 Å². The molecule has 4 nitrogen and oxygen atoms in total. The maximum atomic E-state index is 11.5. The fraction of sp³-hybridized carbons (Fsp3) is 0.917. The van der Waals surface area contributed by atoms with Crippen LogP contribution in [-0.2, 0) is 4.79 Å². The largest absolute Gasteiger partial charge is 0.355 e. The van der Waals surface area contributed by atoms with Gasteiger partial charge in [-0.3, -0.25) is 9.69 Å². The molecular formula is C12H25N3O. The summed E-state index contributed by atoms with van der Waals surface area (Å²) in [7, 11) is 2.00. The van der Waals surface area contributed by atoms with Crippen molar-refractivity contribution in [2.24, 2.45) is 11.7 Å². The van der Waals surface area contributed by atoms with Gasteiger partial charge in [-0.05, 0) is 51.7 Å². The van der Waals surface area contributed by atoms with Gasteiger partial charge in [0.15, 0.2) is 0 Å². The number of rotatable bonds is 9. The van der Waals surface area contributed by atoms with Gasteiger partial charge in [-0.2, -0.15) is 0 Å². The molecule has 0 atom stereocenters. The number of hydrogen-bond donors (Lipinski definition) is 2. The Labute approximate surface area is 98.6 Å². The van der Waals surface area contributed by atoms with E-state index in [1.165, 1.54) is 12.8 Å². The fourth-order valence-electron chi connectivity index (χ4n) is 1.66. The first kappa shape index (κ1) is 13.5. The maximum Gasteiger partial charge on any atom is 0.234 e. The van der Waals surface area contributed by atoms with Crippen molar-refractivity contribution < 1.29 is 4.79 Å². The molecule has 1 aliphatic carbocycles. The number of nitrogens with two attached hydrogens (primary N) is 1. The summed E-state index contributed by atoms with van der Waals surface area (Å²) in [6.07, 6.45) is 5.94. The predicted molar refractivity (Wildman–Crippen MR) is 66.1 cm³/mol. The van der Waals surface area contributed by atoms with Crippen molar-refractivity contribution in [2.45, 2.75) is 32.1 Å². The molecule has 0 aromatic rings. The van der Waals surface area contributed by atoms with Crippen LogP contribution in [0.2, 0.25) is 0 Å². The van der Waals surface area contributed by atoms with Crippen molar-refractivity contribution in [3.63, 3.8) is 0 Å². The van der Waals surface area contributed by atoms with E-state index in [9.17, 15) is 4.79 Å². The second-order valence-electron chi connectivity index (χ2n) is 4.83. The zero-order valence-corrected chi connectivity index (χ0v) is 10.4. The second-order valence-corrected chi connectivity index (χ2v) is 4.83. The highest BCUT2D eigenvalue weighted by Gasteiger charge is 2.21. The number of likely N-dealkylation sites (N-methyl/N-ethyl adjacent to an activating group) is 1. The summed E-state index contributed by atoms with van der Waals surface area (Å²) in [5, 5.41) is 2.98. The quantitative estimate of drug-likeness (QED) is 0.566. The van der Waals surface area contributed by atoms with Gasteiger partial charge in [0.2, 0.25) is 5.91 Å². The van der Waals surface area contributed by atoms with Gasteiger partial charge in [0.1, 0.15) is 0 Å². The molecule has 1 amide bonds. The second kappa shape index (κ2) is 7.63. The Morgan fingerprint density at radius 2 is 2.12 bits per heavy atom. The Morgan fingerprint density at radius 3 is 2.75 bits per heavy atom. The Morgan fingerprint density at radius 1 is 1.38 bits per heavy atom. The van der Waals surface area contributed by atoms with Crippen molar-refractivity contribution in [1.29, 1.82) is 0 Å². The van der Waals surface area contributed by atoms with E-state index in [1.54, 1.807) is 0 Å². The number of hydrogen-bond acceptors (Lipinski definition) is 3. The lowest BCUT2D eigenvalue weighted by Crippen LogP contribution is -2.36. The zero-order chi connectivity index (χ0) is 11.8. The Balaban J connectivity index is 1.94. The lowest BCUT2D eigenvalue weighted by Gasteiger charge is -2.15. The molecule has 0 heterocycles. The molecule has 94 valence electrons. The first-order valence-electron chi connectivity index (χ1n) is 6.37. The standard InChI is InChI=1S/C12H25N3O/c1-15(8-4-2-3-7-13)10-12(16)14-9-11-5-6-11/h11H,2-10,13H2,1H3,(H,14,16). The van der Waals surface area contributed by atoms with Gasteiger partial charge in [0, 0.05) is 6.54 Å². The van der Waals surface area contributed by atoms with Gasteiger partial charge in [-0.25, -0.2) is 0 Å². The van der Waals surface area contributed by atoms with Crippen molar-refractivity contribution in [3.05, 3.63) is 0 Å². The number of nitrogens with one attached hydrogen (secondary N) is 1. The van der Waals surface area contributed by atoms with E-state index in [0.29, 0.717) is 6.54 Å². The fourth-order valence-corrected chi connectivity index (χ4v) is 1.66. The molecule has 1 saturated carbocycles. The molecule has 4 heteroatoms. The van der Waals surface area contributed by atoms with Crippen LogP contribution in [0, 0.1) is 5.92 Å². The molecule has 0 aromatic heterocycles. The Bertz CT molecular complexity index is 204. The number of carbonyl (C=O) groups excluding carboxylic acids is 1. The zero-order valence-electron chi connectivity index (χ0n) is 10.4. The molecule has 3 N–H and O–H groups in total. The summed E-state index contributed by atoms with van der Waals surface area (Å²) in [5.74, 6) is 0.923. The Hall–Kier alpha value is -0.610. The number of carbonyl (C=O) groups is 1. The third kappa shape index (κ3) is 6.80. The molecule has 0 bridgehead atoms. The van der Waals surface area contributed by atoms with Crippen LogP contribution >= 0.6 is 0 Å². The summed E-state index contributed by atoms with van der Waals surface area (Å²) in [6.45, 7) is 3.15. The highest BCUT2D eigenvalue weighted by atomic mass is 16.2. The van der Waals surface area contributed by atoms with E-state index < -0.39 is 0 Å². The lowest BCUT2D eigenvalue weighted by atomic mass is 10.2. The van der Waals surface area contributed by atoms with E-state index in [-0.39, 0.29) is 5.91 Å². The normalized spacial score (nSPS) is 15.4. The molecule has 1 fully saturated rings. The van der Waals surface area contributed by atoms with E-state index in [0.717, 1.165) is 44.8 Å². The van der Waals surface area contributed by atoms with E-state index in [2.05, 4.69) is 10.2 Å². The average molecular weight is 227 g/mol. The maximum absolute atomic E-state index is 11.5.